The van der Waals surface area contributed by atoms with Crippen molar-refractivity contribution in [1.82, 2.24) is 0 Å². The Kier molecular flexibility index (Phi) is 4.48. The third-order valence-corrected chi connectivity index (χ3v) is 4.68. The molecule has 1 unspecified atom stereocenters. The largest absolute Gasteiger partial charge is 0.493 e. The van der Waals surface area contributed by atoms with Gasteiger partial charge in [-0.15, -0.1) is 0 Å². The van der Waals surface area contributed by atoms with Crippen LogP contribution in [0, 0.1) is 11.8 Å². The van der Waals surface area contributed by atoms with Gasteiger partial charge in [0.2, 0.25) is 0 Å². The molecule has 1 aliphatic carbocycles. The van der Waals surface area contributed by atoms with Gasteiger partial charge in [0.1, 0.15) is 0 Å². The number of nitrogens with zero attached hydrogens (tertiary/aromatic N) is 1. The molecule has 23 heavy (non-hydrogen) atoms. The summed E-state index contributed by atoms with van der Waals surface area (Å²) in [4.78, 5) is 22.0. The van der Waals surface area contributed by atoms with Gasteiger partial charge in [0.05, 0.1) is 12.8 Å². The van der Waals surface area contributed by atoms with Crippen LogP contribution < -0.4 is 15.5 Å². The van der Waals surface area contributed by atoms with Crippen LogP contribution in [0.5, 0.6) is 11.5 Å². The van der Waals surface area contributed by atoms with Crippen LogP contribution in [-0.2, 0) is 0 Å². The molecule has 0 amide bonds. The molecule has 2 N–H and O–H groups in total. The lowest BCUT2D eigenvalue weighted by Gasteiger charge is -2.29. The normalized spacial score (nSPS) is 24.1. The lowest BCUT2D eigenvalue weighted by Crippen LogP contribution is -2.20. The second-order valence-electron chi connectivity index (χ2n) is 6.40. The second-order valence-corrected chi connectivity index (χ2v) is 6.40. The molecule has 1 heterocycles. The Morgan fingerprint density at radius 3 is 2.87 bits per heavy atom. The van der Waals surface area contributed by atoms with Crippen molar-refractivity contribution < 1.29 is 14.4 Å². The summed E-state index contributed by atoms with van der Waals surface area (Å²) in [7, 11) is 1.52. The molecule has 2 atom stereocenters. The first-order chi connectivity index (χ1) is 11.1. The average Bonchev–Trinajstić information content (AvgIpc) is 2.56. The molecule has 2 bridgehead atoms. The predicted molar refractivity (Wildman–Crippen MR) is 89.5 cm³/mol. The molecule has 1 saturated carbocycles. The number of Topliss-reactive ketones (excluding diaryl/α,β-unsaturated/α-hetero) is 1. The van der Waals surface area contributed by atoms with E-state index >= 15 is 0 Å². The van der Waals surface area contributed by atoms with E-state index in [1.54, 1.807) is 12.1 Å². The van der Waals surface area contributed by atoms with Crippen LogP contribution in [0.25, 0.3) is 0 Å². The topological polar surface area (TPSA) is 73.9 Å². The van der Waals surface area contributed by atoms with Crippen LogP contribution in [0.15, 0.2) is 29.3 Å². The van der Waals surface area contributed by atoms with Crippen molar-refractivity contribution >= 4 is 17.7 Å². The van der Waals surface area contributed by atoms with Crippen LogP contribution in [-0.4, -0.2) is 19.1 Å². The van der Waals surface area contributed by atoms with Crippen molar-refractivity contribution in [2.45, 2.75) is 32.1 Å². The Hall–Kier alpha value is -2.14. The molecule has 2 aliphatic rings. The van der Waals surface area contributed by atoms with E-state index in [4.69, 9.17) is 15.5 Å². The number of carbonyl (C=O) groups excluding carboxylic acids is 1. The molecule has 0 spiro atoms. The van der Waals surface area contributed by atoms with E-state index in [0.29, 0.717) is 41.0 Å². The summed E-state index contributed by atoms with van der Waals surface area (Å²) < 4.78 is 5.25. The smallest absolute Gasteiger partial charge is 0.190 e. The zero-order valence-electron chi connectivity index (χ0n) is 13.4. The molecular formula is C18H22N2O3. The molecule has 1 aliphatic heterocycles. The Morgan fingerprint density at radius 2 is 2.13 bits per heavy atom. The van der Waals surface area contributed by atoms with Gasteiger partial charge in [0.25, 0.3) is 0 Å². The summed E-state index contributed by atoms with van der Waals surface area (Å²) >= 11 is 0. The summed E-state index contributed by atoms with van der Waals surface area (Å²) in [6.07, 6.45) is 6.41. The highest BCUT2D eigenvalue weighted by molar-refractivity contribution is 6.02. The van der Waals surface area contributed by atoms with Crippen LogP contribution in [0.3, 0.4) is 0 Å². The fourth-order valence-corrected chi connectivity index (χ4v) is 3.58. The number of nitrogens with two attached hydrogens (primary N) is 1. The van der Waals surface area contributed by atoms with Crippen molar-refractivity contribution in [1.29, 1.82) is 0 Å². The first kappa shape index (κ1) is 15.7. The van der Waals surface area contributed by atoms with Gasteiger partial charge in [-0.05, 0) is 43.6 Å². The van der Waals surface area contributed by atoms with E-state index < -0.39 is 0 Å². The number of aliphatic imine (C=N–C) groups is 1. The van der Waals surface area contributed by atoms with Gasteiger partial charge in [0, 0.05) is 24.3 Å². The van der Waals surface area contributed by atoms with E-state index in [0.717, 1.165) is 25.7 Å². The Balaban J connectivity index is 2.03. The number of allylic oxidation sites excluding steroid dienone is 1. The molecule has 5 nitrogen and oxygen atoms in total. The third-order valence-electron chi connectivity index (χ3n) is 4.68. The first-order valence-electron chi connectivity index (χ1n) is 7.93. The average molecular weight is 314 g/mol. The maximum absolute atomic E-state index is 12.6. The van der Waals surface area contributed by atoms with E-state index in [9.17, 15) is 4.79 Å². The van der Waals surface area contributed by atoms with Gasteiger partial charge in [-0.2, -0.15) is 5.90 Å². The molecule has 5 heteroatoms. The molecule has 0 saturated heterocycles. The molecule has 3 rings (SSSR count). The molecule has 1 aromatic carbocycles. The minimum atomic E-state index is 0.0775. The Bertz CT molecular complexity index is 666. The molecule has 0 aromatic heterocycles. The molecule has 1 aromatic rings. The number of carbonyl (C=O) groups is 1. The van der Waals surface area contributed by atoms with Crippen molar-refractivity contribution in [2.24, 2.45) is 22.7 Å². The van der Waals surface area contributed by atoms with Gasteiger partial charge < -0.3 is 9.57 Å². The first-order valence-corrected chi connectivity index (χ1v) is 7.93. The second kappa shape index (κ2) is 6.54. The van der Waals surface area contributed by atoms with E-state index in [1.807, 2.05) is 6.21 Å². The standard InChI is InChI=1S/C18H22N2O3/c1-11-5-12-3-4-16(21)14-8-17(22-2)18(23-19)9-15(14)20-10-13(6-11)7-12/h8-10,12-13H,1,3-7,19H2,2H3/t12?,13-/m1/s1. The maximum atomic E-state index is 12.6. The Labute approximate surface area is 136 Å². The highest BCUT2D eigenvalue weighted by Gasteiger charge is 2.26. The monoisotopic (exact) mass is 314 g/mol. The lowest BCUT2D eigenvalue weighted by atomic mass is 9.77. The molecule has 1 fully saturated rings. The van der Waals surface area contributed by atoms with E-state index in [-0.39, 0.29) is 5.78 Å². The fraction of sp³-hybridized carbons (Fsp3) is 0.444. The van der Waals surface area contributed by atoms with Gasteiger partial charge in [0.15, 0.2) is 17.3 Å². The van der Waals surface area contributed by atoms with Gasteiger partial charge in [-0.3, -0.25) is 9.79 Å². The Morgan fingerprint density at radius 1 is 1.30 bits per heavy atom. The minimum absolute atomic E-state index is 0.0775. The van der Waals surface area contributed by atoms with Gasteiger partial charge >= 0.3 is 0 Å². The number of rotatable bonds is 2. The quantitative estimate of drug-likeness (QED) is 0.668. The number of hydrogen-bond donors (Lipinski definition) is 1. The number of ketones is 1. The highest BCUT2D eigenvalue weighted by atomic mass is 16.6. The number of hydrogen-bond acceptors (Lipinski definition) is 5. The van der Waals surface area contributed by atoms with Crippen molar-refractivity contribution in [3.63, 3.8) is 0 Å². The van der Waals surface area contributed by atoms with Gasteiger partial charge in [-0.1, -0.05) is 12.2 Å². The van der Waals surface area contributed by atoms with Crippen molar-refractivity contribution in [3.8, 4) is 11.5 Å². The number of ether oxygens (including phenoxy) is 1. The molecule has 0 radical (unpaired) electrons. The van der Waals surface area contributed by atoms with Crippen LogP contribution >= 0.6 is 0 Å². The predicted octanol–water partition coefficient (Wildman–Crippen LogP) is 3.60. The fourth-order valence-electron chi connectivity index (χ4n) is 3.58. The van der Waals surface area contributed by atoms with Crippen molar-refractivity contribution in [3.05, 3.63) is 29.8 Å². The summed E-state index contributed by atoms with van der Waals surface area (Å²) in [6.45, 7) is 4.14. The lowest BCUT2D eigenvalue weighted by molar-refractivity contribution is 0.0971. The van der Waals surface area contributed by atoms with Crippen molar-refractivity contribution in [2.75, 3.05) is 7.11 Å². The zero-order valence-corrected chi connectivity index (χ0v) is 13.4. The minimum Gasteiger partial charge on any atom is -0.493 e. The van der Waals surface area contributed by atoms with E-state index in [2.05, 4.69) is 11.6 Å². The zero-order chi connectivity index (χ0) is 16.4. The van der Waals surface area contributed by atoms with Gasteiger partial charge in [-0.25, -0.2) is 0 Å². The summed E-state index contributed by atoms with van der Waals surface area (Å²) in [5.41, 5.74) is 2.41. The number of benzene rings is 1. The SMILES string of the molecule is C=C1CC2CCC(=O)c3cc(OC)c(ON)cc3N=C[C@H](C1)C2. The van der Waals surface area contributed by atoms with Crippen LogP contribution in [0.1, 0.15) is 42.5 Å². The summed E-state index contributed by atoms with van der Waals surface area (Å²) in [5.74, 6) is 7.09. The van der Waals surface area contributed by atoms with Crippen LogP contribution in [0.2, 0.25) is 0 Å². The molecular weight excluding hydrogens is 292 g/mol. The molecule has 122 valence electrons. The third kappa shape index (κ3) is 3.29. The summed E-state index contributed by atoms with van der Waals surface area (Å²) in [5, 5.41) is 0. The summed E-state index contributed by atoms with van der Waals surface area (Å²) in [6, 6.07) is 3.34. The number of methoxy groups -OCH3 is 1. The number of fused-ring (bicyclic) bond motifs is 3. The maximum Gasteiger partial charge on any atom is 0.190 e. The van der Waals surface area contributed by atoms with E-state index in [1.165, 1.54) is 12.7 Å². The highest BCUT2D eigenvalue weighted by Crippen LogP contribution is 2.39. The van der Waals surface area contributed by atoms with Crippen LogP contribution in [0.4, 0.5) is 5.69 Å².